The number of hydrogen-bond donors (Lipinski definition) is 3. The van der Waals surface area contributed by atoms with Gasteiger partial charge in [-0.25, -0.2) is 0 Å². The number of hydrogen-bond acceptors (Lipinski definition) is 4. The van der Waals surface area contributed by atoms with Crippen LogP contribution < -0.4 is 16.8 Å². The topological polar surface area (TPSA) is 67.3 Å². The fraction of sp³-hybridized carbons (Fsp3) is 0.556. The van der Waals surface area contributed by atoms with Gasteiger partial charge in [-0.3, -0.25) is 0 Å². The summed E-state index contributed by atoms with van der Waals surface area (Å²) in [7, 11) is 2.42. The van der Waals surface area contributed by atoms with E-state index < -0.39 is 0 Å². The molecule has 0 spiro atoms. The first-order chi connectivity index (χ1) is 11.1. The number of benzene rings is 1. The van der Waals surface area contributed by atoms with Gasteiger partial charge in [0.05, 0.1) is 11.4 Å². The molecule has 130 valence electrons. The molecule has 5 N–H and O–H groups in total. The van der Waals surface area contributed by atoms with Crippen molar-refractivity contribution in [3.05, 3.63) is 30.3 Å². The highest BCUT2D eigenvalue weighted by Crippen LogP contribution is 2.28. The van der Waals surface area contributed by atoms with Crippen LogP contribution in [0, 0.1) is 5.92 Å². The first-order valence-electron chi connectivity index (χ1n) is 8.47. The van der Waals surface area contributed by atoms with Gasteiger partial charge in [-0.05, 0) is 49.4 Å². The third-order valence-corrected chi connectivity index (χ3v) is 4.16. The van der Waals surface area contributed by atoms with Crippen LogP contribution in [0.1, 0.15) is 31.7 Å². The zero-order chi connectivity index (χ0) is 17.2. The van der Waals surface area contributed by atoms with Crippen LogP contribution in [0.5, 0.6) is 0 Å². The maximum atomic E-state index is 6.16. The highest BCUT2D eigenvalue weighted by atomic mass is 31.0. The van der Waals surface area contributed by atoms with Crippen molar-refractivity contribution in [2.45, 2.75) is 26.2 Å². The maximum Gasteiger partial charge on any atom is 0.0574 e. The van der Waals surface area contributed by atoms with Gasteiger partial charge >= 0.3 is 0 Å². The Morgan fingerprint density at radius 3 is 2.61 bits per heavy atom. The van der Waals surface area contributed by atoms with Gasteiger partial charge in [0.1, 0.15) is 0 Å². The van der Waals surface area contributed by atoms with Crippen molar-refractivity contribution in [3.63, 3.8) is 0 Å². The van der Waals surface area contributed by atoms with Crippen molar-refractivity contribution in [1.82, 2.24) is 4.90 Å². The Labute approximate surface area is 143 Å². The minimum Gasteiger partial charge on any atom is -0.397 e. The van der Waals surface area contributed by atoms with E-state index >= 15 is 0 Å². The van der Waals surface area contributed by atoms with Gasteiger partial charge in [0.25, 0.3) is 0 Å². The molecule has 2 atom stereocenters. The Bertz CT molecular complexity index is 486. The van der Waals surface area contributed by atoms with Crippen LogP contribution >= 0.6 is 9.24 Å². The molecule has 5 heteroatoms. The van der Waals surface area contributed by atoms with Gasteiger partial charge in [-0.15, -0.1) is 9.24 Å². The van der Waals surface area contributed by atoms with Crippen molar-refractivity contribution in [1.29, 1.82) is 0 Å². The van der Waals surface area contributed by atoms with Crippen LogP contribution in [0.25, 0.3) is 5.70 Å². The fourth-order valence-electron chi connectivity index (χ4n) is 2.52. The van der Waals surface area contributed by atoms with E-state index in [2.05, 4.69) is 45.1 Å². The molecule has 1 aromatic rings. The molecular weight excluding hydrogens is 303 g/mol. The van der Waals surface area contributed by atoms with Crippen molar-refractivity contribution >= 4 is 26.3 Å². The molecule has 0 aliphatic carbocycles. The summed E-state index contributed by atoms with van der Waals surface area (Å²) in [5.74, 6) is 0.601. The molecule has 0 saturated carbocycles. The highest BCUT2D eigenvalue weighted by Gasteiger charge is 2.17. The van der Waals surface area contributed by atoms with E-state index in [-0.39, 0.29) is 0 Å². The van der Waals surface area contributed by atoms with Crippen molar-refractivity contribution in [2.75, 3.05) is 43.9 Å². The molecule has 2 unspecified atom stereocenters. The van der Waals surface area contributed by atoms with Gasteiger partial charge in [0.2, 0.25) is 0 Å². The second-order valence-corrected chi connectivity index (χ2v) is 6.01. The lowest BCUT2D eigenvalue weighted by molar-refractivity contribution is 0.282. The molecule has 4 nitrogen and oxygen atoms in total. The van der Waals surface area contributed by atoms with E-state index in [0.29, 0.717) is 5.92 Å². The molecule has 0 amide bonds. The van der Waals surface area contributed by atoms with Crippen LogP contribution in [0.3, 0.4) is 0 Å². The van der Waals surface area contributed by atoms with Crippen molar-refractivity contribution in [2.24, 2.45) is 11.7 Å². The van der Waals surface area contributed by atoms with E-state index in [1.165, 1.54) is 6.42 Å². The lowest BCUT2D eigenvalue weighted by Crippen LogP contribution is -2.35. The number of nitrogens with zero attached hydrogens (tertiary/aromatic N) is 1. The van der Waals surface area contributed by atoms with Crippen LogP contribution in [0.15, 0.2) is 24.8 Å². The fourth-order valence-corrected chi connectivity index (χ4v) is 2.52. The number of anilines is 2. The minimum atomic E-state index is 0.601. The Morgan fingerprint density at radius 2 is 2.09 bits per heavy atom. The monoisotopic (exact) mass is 336 g/mol. The smallest absolute Gasteiger partial charge is 0.0574 e. The van der Waals surface area contributed by atoms with Crippen LogP contribution in [-0.4, -0.2) is 37.7 Å². The van der Waals surface area contributed by atoms with Crippen LogP contribution in [0.4, 0.5) is 11.4 Å². The average Bonchev–Trinajstić information content (AvgIpc) is 2.51. The third-order valence-electron chi connectivity index (χ3n) is 4.16. The lowest BCUT2D eigenvalue weighted by atomic mass is 10.0. The average molecular weight is 336 g/mol. The Morgan fingerprint density at radius 1 is 1.39 bits per heavy atom. The number of nitrogens with one attached hydrogen (secondary N) is 1. The molecule has 0 aromatic heterocycles. The van der Waals surface area contributed by atoms with E-state index in [9.17, 15) is 0 Å². The molecule has 0 bridgehead atoms. The van der Waals surface area contributed by atoms with Gasteiger partial charge in [0.15, 0.2) is 0 Å². The molecule has 1 heterocycles. The predicted molar refractivity (Wildman–Crippen MR) is 108 cm³/mol. The maximum absolute atomic E-state index is 6.16. The van der Waals surface area contributed by atoms with E-state index in [1.807, 2.05) is 12.7 Å². The van der Waals surface area contributed by atoms with Crippen molar-refractivity contribution < 1.29 is 0 Å². The first kappa shape index (κ1) is 19.8. The molecule has 1 aliphatic rings. The molecule has 0 radical (unpaired) electrons. The Hall–Kier alpha value is -1.25. The molecule has 2 rings (SSSR count). The quantitative estimate of drug-likeness (QED) is 0.504. The molecule has 1 aliphatic heterocycles. The summed E-state index contributed by atoms with van der Waals surface area (Å²) in [6.07, 6.45) is 3.48. The summed E-state index contributed by atoms with van der Waals surface area (Å²) in [6, 6.07) is 6.18. The van der Waals surface area contributed by atoms with Crippen LogP contribution in [0.2, 0.25) is 0 Å². The van der Waals surface area contributed by atoms with E-state index in [0.717, 1.165) is 61.7 Å². The summed E-state index contributed by atoms with van der Waals surface area (Å²) >= 11 is 0. The van der Waals surface area contributed by atoms with Gasteiger partial charge in [0, 0.05) is 25.3 Å². The normalized spacial score (nSPS) is 14.3. The summed E-state index contributed by atoms with van der Waals surface area (Å²) in [4.78, 5) is 2.29. The number of rotatable bonds is 8. The second-order valence-electron chi connectivity index (χ2n) is 6.01. The first-order valence-corrected chi connectivity index (χ1v) is 9.62. The number of nitrogen functional groups attached to an aromatic ring is 1. The highest BCUT2D eigenvalue weighted by molar-refractivity contribution is 7.15. The summed E-state index contributed by atoms with van der Waals surface area (Å²) in [5.41, 5.74) is 15.7. The number of nitrogens with two attached hydrogens (primary N) is 2. The largest absolute Gasteiger partial charge is 0.397 e. The molecule has 1 fully saturated rings. The van der Waals surface area contributed by atoms with Gasteiger partial charge in [-0.1, -0.05) is 26.2 Å². The van der Waals surface area contributed by atoms with E-state index in [1.54, 1.807) is 0 Å². The van der Waals surface area contributed by atoms with Gasteiger partial charge in [-0.2, -0.15) is 0 Å². The zero-order valence-corrected chi connectivity index (χ0v) is 15.8. The van der Waals surface area contributed by atoms with E-state index in [4.69, 9.17) is 11.5 Å². The standard InChI is InChI=1S/C17H28N4.CH5P/c1-13(5-3-8-18)12-20-17-7-6-15(11-16(17)19)14(2)21-9-4-10-21;1-2/h6-7,11,13,20H,2-5,8-10,12,18-19H2,1H3;2H2,1H3. The Balaban J connectivity index is 0.00000127. The second kappa shape index (κ2) is 10.5. The molecular formula is C18H33N4P. The SMILES string of the molecule is C=C(c1ccc(NCC(C)CCCN)c(N)c1)N1CCC1.CP. The van der Waals surface area contributed by atoms with Gasteiger partial charge < -0.3 is 21.7 Å². The van der Waals surface area contributed by atoms with Crippen molar-refractivity contribution in [3.8, 4) is 0 Å². The number of likely N-dealkylation sites (tertiary alicyclic amines) is 1. The molecule has 23 heavy (non-hydrogen) atoms. The van der Waals surface area contributed by atoms with Crippen LogP contribution in [-0.2, 0) is 0 Å². The minimum absolute atomic E-state index is 0.601. The summed E-state index contributed by atoms with van der Waals surface area (Å²) < 4.78 is 0. The molecule has 1 aromatic carbocycles. The zero-order valence-electron chi connectivity index (χ0n) is 14.6. The Kier molecular flexibility index (Phi) is 9.05. The third kappa shape index (κ3) is 6.04. The lowest BCUT2D eigenvalue weighted by Gasteiger charge is -2.35. The summed E-state index contributed by atoms with van der Waals surface area (Å²) in [6.45, 7) is 12.2. The predicted octanol–water partition coefficient (Wildman–Crippen LogP) is 3.22. The molecule has 1 saturated heterocycles. The summed E-state index contributed by atoms with van der Waals surface area (Å²) in [5, 5.41) is 3.44.